The first-order valence-electron chi connectivity index (χ1n) is 4.54. The first-order chi connectivity index (χ1) is 6.99. The predicted octanol–water partition coefficient (Wildman–Crippen LogP) is -6.71. The molecule has 0 atom stereocenters. The van der Waals surface area contributed by atoms with Crippen molar-refractivity contribution in [3.8, 4) is 0 Å². The van der Waals surface area contributed by atoms with Crippen LogP contribution in [0.15, 0.2) is 12.1 Å². The Hall–Kier alpha value is 0.160. The van der Waals surface area contributed by atoms with Gasteiger partial charge >= 0.3 is 59.1 Å². The van der Waals surface area contributed by atoms with Crippen molar-refractivity contribution in [2.24, 2.45) is 0 Å². The number of aromatic carboxylic acids is 2. The Morgan fingerprint density at radius 2 is 1.65 bits per heavy atom. The zero-order valence-corrected chi connectivity index (χ0v) is 14.5. The number of carbonyl (C=O) groups is 2. The summed E-state index contributed by atoms with van der Waals surface area (Å²) in [6, 6.07) is 2.83. The molecule has 0 N–H and O–H groups in total. The van der Waals surface area contributed by atoms with Gasteiger partial charge < -0.3 is 19.8 Å². The van der Waals surface area contributed by atoms with Gasteiger partial charge in [-0.1, -0.05) is 19.1 Å². The van der Waals surface area contributed by atoms with Gasteiger partial charge in [0.25, 0.3) is 0 Å². The monoisotopic (exact) mass is 252 g/mol. The Kier molecular flexibility index (Phi) is 9.51. The molecule has 6 heteroatoms. The van der Waals surface area contributed by atoms with Crippen LogP contribution in [0.5, 0.6) is 0 Å². The molecular weight excluding hydrogens is 242 g/mol. The molecule has 4 nitrogen and oxygen atoms in total. The number of carboxylic acids is 2. The second-order valence-electron chi connectivity index (χ2n) is 3.20. The molecule has 0 spiro atoms. The van der Waals surface area contributed by atoms with Gasteiger partial charge in [0, 0.05) is 11.1 Å². The molecule has 80 valence electrons. The number of carbonyl (C=O) groups excluding carboxylic acids is 2. The average Bonchev–Trinajstić information content (AvgIpc) is 2.16. The van der Waals surface area contributed by atoms with E-state index in [2.05, 4.69) is 0 Å². The second-order valence-corrected chi connectivity index (χ2v) is 3.20. The van der Waals surface area contributed by atoms with Crippen LogP contribution in [-0.4, -0.2) is 11.9 Å². The van der Waals surface area contributed by atoms with Crippen LogP contribution in [0.2, 0.25) is 0 Å². The molecule has 0 aliphatic rings. The molecule has 0 radical (unpaired) electrons. The normalized spacial score (nSPS) is 8.82. The van der Waals surface area contributed by atoms with Crippen LogP contribution in [0, 0.1) is 6.92 Å². The molecule has 0 aliphatic carbocycles. The van der Waals surface area contributed by atoms with E-state index in [-0.39, 0.29) is 70.2 Å². The third-order valence-corrected chi connectivity index (χ3v) is 2.38. The van der Waals surface area contributed by atoms with Gasteiger partial charge in [-0.25, -0.2) is 0 Å². The maximum atomic E-state index is 10.8. The standard InChI is InChI=1S/C11H12O4.2Na/c1-3-7-4-5-8(10(12)13)9(6(7)2)11(14)15;;/h4-5H,3H2,1-2H3,(H,12,13)(H,14,15);;/q;2*+1/p-2. The molecule has 0 unspecified atom stereocenters. The minimum Gasteiger partial charge on any atom is -0.545 e. The molecule has 0 aliphatic heterocycles. The Morgan fingerprint density at radius 3 is 2.00 bits per heavy atom. The van der Waals surface area contributed by atoms with Crippen LogP contribution < -0.4 is 69.3 Å². The van der Waals surface area contributed by atoms with E-state index >= 15 is 0 Å². The van der Waals surface area contributed by atoms with E-state index in [1.807, 2.05) is 6.92 Å². The molecule has 0 heterocycles. The van der Waals surface area contributed by atoms with E-state index in [0.717, 1.165) is 5.56 Å². The van der Waals surface area contributed by atoms with E-state index in [1.165, 1.54) is 6.07 Å². The minimum absolute atomic E-state index is 0. The fraction of sp³-hybridized carbons (Fsp3) is 0.273. The van der Waals surface area contributed by atoms with Crippen molar-refractivity contribution in [2.75, 3.05) is 0 Å². The van der Waals surface area contributed by atoms with Crippen LogP contribution >= 0.6 is 0 Å². The SMILES string of the molecule is CCc1ccc(C(=O)[O-])c(C(=O)[O-])c1C.[Na+].[Na+]. The van der Waals surface area contributed by atoms with Gasteiger partial charge in [0.2, 0.25) is 0 Å². The largest absolute Gasteiger partial charge is 1.00 e. The number of benzene rings is 1. The van der Waals surface area contributed by atoms with Crippen LogP contribution in [0.1, 0.15) is 38.8 Å². The maximum absolute atomic E-state index is 10.8. The van der Waals surface area contributed by atoms with E-state index in [4.69, 9.17) is 0 Å². The Labute approximate surface area is 144 Å². The summed E-state index contributed by atoms with van der Waals surface area (Å²) in [7, 11) is 0. The van der Waals surface area contributed by atoms with Crippen LogP contribution in [0.4, 0.5) is 0 Å². The molecule has 1 rings (SSSR count). The van der Waals surface area contributed by atoms with E-state index < -0.39 is 11.9 Å². The zero-order valence-electron chi connectivity index (χ0n) is 10.5. The molecule has 0 aromatic heterocycles. The molecule has 1 aromatic carbocycles. The second kappa shape index (κ2) is 8.29. The molecule has 17 heavy (non-hydrogen) atoms. The van der Waals surface area contributed by atoms with E-state index in [9.17, 15) is 19.8 Å². The van der Waals surface area contributed by atoms with Crippen molar-refractivity contribution in [1.29, 1.82) is 0 Å². The molecule has 0 fully saturated rings. The third-order valence-electron chi connectivity index (χ3n) is 2.38. The van der Waals surface area contributed by atoms with Crippen LogP contribution in [-0.2, 0) is 6.42 Å². The first kappa shape index (κ1) is 19.5. The van der Waals surface area contributed by atoms with Crippen molar-refractivity contribution >= 4 is 11.9 Å². The van der Waals surface area contributed by atoms with Gasteiger partial charge in [0.15, 0.2) is 0 Å². The Bertz CT molecular complexity index is 430. The molecule has 0 saturated carbocycles. The summed E-state index contributed by atoms with van der Waals surface area (Å²) in [6.45, 7) is 3.43. The number of hydrogen-bond donors (Lipinski definition) is 0. The van der Waals surface area contributed by atoms with Gasteiger partial charge in [0.1, 0.15) is 0 Å². The first-order valence-corrected chi connectivity index (χ1v) is 4.54. The Morgan fingerprint density at radius 1 is 1.12 bits per heavy atom. The number of rotatable bonds is 3. The van der Waals surface area contributed by atoms with Crippen molar-refractivity contribution in [3.63, 3.8) is 0 Å². The minimum atomic E-state index is -1.50. The summed E-state index contributed by atoms with van der Waals surface area (Å²) in [6.07, 6.45) is 0.638. The fourth-order valence-electron chi connectivity index (χ4n) is 1.57. The Balaban J connectivity index is 0. The number of carboxylic acid groups (broad SMARTS) is 2. The molecule has 0 saturated heterocycles. The summed E-state index contributed by atoms with van der Waals surface area (Å²) in [5.41, 5.74) is 0.609. The molecule has 1 aromatic rings. The zero-order chi connectivity index (χ0) is 11.6. The summed E-state index contributed by atoms with van der Waals surface area (Å²) < 4.78 is 0. The summed E-state index contributed by atoms with van der Waals surface area (Å²) >= 11 is 0. The van der Waals surface area contributed by atoms with E-state index in [0.29, 0.717) is 12.0 Å². The van der Waals surface area contributed by atoms with Crippen molar-refractivity contribution in [3.05, 3.63) is 34.4 Å². The number of aryl methyl sites for hydroxylation is 1. The van der Waals surface area contributed by atoms with Gasteiger partial charge in [-0.2, -0.15) is 0 Å². The summed E-state index contributed by atoms with van der Waals surface area (Å²) in [4.78, 5) is 21.5. The number of hydrogen-bond acceptors (Lipinski definition) is 4. The maximum Gasteiger partial charge on any atom is 1.00 e. The summed E-state index contributed by atoms with van der Waals surface area (Å²) in [5.74, 6) is -2.98. The average molecular weight is 252 g/mol. The van der Waals surface area contributed by atoms with Crippen LogP contribution in [0.25, 0.3) is 0 Å². The topological polar surface area (TPSA) is 80.3 Å². The summed E-state index contributed by atoms with van der Waals surface area (Å²) in [5, 5.41) is 21.5. The third kappa shape index (κ3) is 4.39. The van der Waals surface area contributed by atoms with Crippen LogP contribution in [0.3, 0.4) is 0 Å². The van der Waals surface area contributed by atoms with Gasteiger partial charge in [-0.3, -0.25) is 0 Å². The van der Waals surface area contributed by atoms with Gasteiger partial charge in [-0.05, 0) is 24.5 Å². The van der Waals surface area contributed by atoms with Crippen molar-refractivity contribution in [2.45, 2.75) is 20.3 Å². The molecular formula is C11H10Na2O4. The smallest absolute Gasteiger partial charge is 0.545 e. The molecule has 0 bridgehead atoms. The van der Waals surface area contributed by atoms with Crippen molar-refractivity contribution < 1.29 is 78.9 Å². The molecule has 0 amide bonds. The van der Waals surface area contributed by atoms with Gasteiger partial charge in [0.05, 0.1) is 11.9 Å². The van der Waals surface area contributed by atoms with Gasteiger partial charge in [-0.15, -0.1) is 0 Å². The predicted molar refractivity (Wildman–Crippen MR) is 49.2 cm³/mol. The fourth-order valence-corrected chi connectivity index (χ4v) is 1.57. The van der Waals surface area contributed by atoms with E-state index in [1.54, 1.807) is 13.0 Å². The van der Waals surface area contributed by atoms with Crippen molar-refractivity contribution in [1.82, 2.24) is 0 Å². The quantitative estimate of drug-likeness (QED) is 0.501.